The van der Waals surface area contributed by atoms with Crippen LogP contribution in [0.2, 0.25) is 0 Å². The van der Waals surface area contributed by atoms with Gasteiger partial charge in [0, 0.05) is 12.2 Å². The minimum atomic E-state index is -0.318. The minimum Gasteiger partial charge on any atom is -0.465 e. The van der Waals surface area contributed by atoms with E-state index in [1.165, 1.54) is 20.0 Å². The first-order valence-electron chi connectivity index (χ1n) is 7.93. The van der Waals surface area contributed by atoms with Gasteiger partial charge in [0.2, 0.25) is 0 Å². The fraction of sp³-hybridized carbons (Fsp3) is 0.529. The number of piperidine rings is 1. The third-order valence-electron chi connectivity index (χ3n) is 4.51. The van der Waals surface area contributed by atoms with E-state index in [-0.39, 0.29) is 5.97 Å². The van der Waals surface area contributed by atoms with Crippen molar-refractivity contribution >= 4 is 11.5 Å². The first kappa shape index (κ1) is 15.0. The molecule has 2 aromatic rings. The summed E-state index contributed by atoms with van der Waals surface area (Å²) in [7, 11) is 1.41. The number of carbonyl (C=O) groups excluding carboxylic acids is 1. The van der Waals surface area contributed by atoms with Crippen LogP contribution in [0, 0.1) is 0 Å². The predicted molar refractivity (Wildman–Crippen MR) is 85.0 cm³/mol. The molecule has 0 aliphatic carbocycles. The highest BCUT2D eigenvalue weighted by Gasteiger charge is 2.29. The highest BCUT2D eigenvalue weighted by Crippen LogP contribution is 2.32. The summed E-state index contributed by atoms with van der Waals surface area (Å²) in [6.07, 6.45) is 7.34. The molecule has 1 atom stereocenters. The molecule has 118 valence electrons. The molecule has 3 rings (SSSR count). The van der Waals surface area contributed by atoms with Gasteiger partial charge in [-0.25, -0.2) is 9.78 Å². The summed E-state index contributed by atoms with van der Waals surface area (Å²) in [4.78, 5) is 19.1. The van der Waals surface area contributed by atoms with Crippen molar-refractivity contribution in [1.82, 2.24) is 14.3 Å². The second kappa shape index (κ2) is 6.08. The highest BCUT2D eigenvalue weighted by molar-refractivity contribution is 5.96. The van der Waals surface area contributed by atoms with Crippen LogP contribution in [-0.2, 0) is 4.74 Å². The molecule has 0 spiro atoms. The molecule has 0 bridgehead atoms. The van der Waals surface area contributed by atoms with Gasteiger partial charge in [-0.15, -0.1) is 0 Å². The molecule has 0 aromatic carbocycles. The highest BCUT2D eigenvalue weighted by atomic mass is 16.5. The second-order valence-electron chi connectivity index (χ2n) is 6.13. The van der Waals surface area contributed by atoms with E-state index in [9.17, 15) is 4.79 Å². The molecule has 1 aliphatic rings. The van der Waals surface area contributed by atoms with Crippen LogP contribution < -0.4 is 0 Å². The number of methoxy groups -OCH3 is 1. The van der Waals surface area contributed by atoms with Gasteiger partial charge in [-0.2, -0.15) is 0 Å². The summed E-state index contributed by atoms with van der Waals surface area (Å²) in [5.74, 6) is 0.704. The Bertz CT molecular complexity index is 678. The summed E-state index contributed by atoms with van der Waals surface area (Å²) < 4.78 is 6.91. The maximum Gasteiger partial charge on any atom is 0.340 e. The second-order valence-corrected chi connectivity index (χ2v) is 6.13. The van der Waals surface area contributed by atoms with Gasteiger partial charge >= 0.3 is 5.97 Å². The van der Waals surface area contributed by atoms with Crippen molar-refractivity contribution < 1.29 is 9.53 Å². The number of likely N-dealkylation sites (tertiary alicyclic amines) is 1. The molecule has 1 unspecified atom stereocenters. The summed E-state index contributed by atoms with van der Waals surface area (Å²) in [5, 5.41) is 0. The molecule has 0 N–H and O–H groups in total. The Morgan fingerprint density at radius 2 is 2.23 bits per heavy atom. The Labute approximate surface area is 130 Å². The van der Waals surface area contributed by atoms with Gasteiger partial charge in [-0.3, -0.25) is 4.90 Å². The van der Waals surface area contributed by atoms with E-state index in [0.29, 0.717) is 17.6 Å². The normalized spacial score (nSPS) is 19.7. The zero-order valence-electron chi connectivity index (χ0n) is 13.5. The van der Waals surface area contributed by atoms with Crippen molar-refractivity contribution in [2.45, 2.75) is 45.2 Å². The van der Waals surface area contributed by atoms with Gasteiger partial charge in [0.25, 0.3) is 0 Å². The van der Waals surface area contributed by atoms with Crippen LogP contribution in [0.1, 0.15) is 55.3 Å². The average Bonchev–Trinajstić information content (AvgIpc) is 2.97. The largest absolute Gasteiger partial charge is 0.465 e. The number of aromatic nitrogens is 2. The lowest BCUT2D eigenvalue weighted by molar-refractivity contribution is 0.0602. The zero-order valence-corrected chi connectivity index (χ0v) is 13.5. The molecular weight excluding hydrogens is 278 g/mol. The van der Waals surface area contributed by atoms with Crippen LogP contribution in [0.3, 0.4) is 0 Å². The maximum atomic E-state index is 11.9. The van der Waals surface area contributed by atoms with Gasteiger partial charge in [-0.05, 0) is 45.4 Å². The Balaban J connectivity index is 2.06. The van der Waals surface area contributed by atoms with Crippen molar-refractivity contribution in [3.8, 4) is 0 Å². The number of hydrogen-bond acceptors (Lipinski definition) is 4. The van der Waals surface area contributed by atoms with Crippen LogP contribution in [0.4, 0.5) is 0 Å². The monoisotopic (exact) mass is 301 g/mol. The van der Waals surface area contributed by atoms with Crippen molar-refractivity contribution in [3.05, 3.63) is 35.9 Å². The van der Waals surface area contributed by atoms with Crippen LogP contribution in [0.5, 0.6) is 0 Å². The van der Waals surface area contributed by atoms with Gasteiger partial charge in [-0.1, -0.05) is 6.42 Å². The van der Waals surface area contributed by atoms with E-state index in [1.807, 2.05) is 16.7 Å². The van der Waals surface area contributed by atoms with Gasteiger partial charge in [0.1, 0.15) is 5.82 Å². The van der Waals surface area contributed by atoms with E-state index < -0.39 is 0 Å². The first-order chi connectivity index (χ1) is 10.6. The quantitative estimate of drug-likeness (QED) is 0.818. The maximum absolute atomic E-state index is 11.9. The number of ether oxygens (including phenoxy) is 1. The van der Waals surface area contributed by atoms with Gasteiger partial charge in [0.15, 0.2) is 0 Å². The number of pyridine rings is 1. The third-order valence-corrected chi connectivity index (χ3v) is 4.51. The van der Waals surface area contributed by atoms with E-state index in [0.717, 1.165) is 24.3 Å². The smallest absolute Gasteiger partial charge is 0.340 e. The Kier molecular flexibility index (Phi) is 4.16. The van der Waals surface area contributed by atoms with Crippen LogP contribution >= 0.6 is 0 Å². The predicted octanol–water partition coefficient (Wildman–Crippen LogP) is 3.06. The van der Waals surface area contributed by atoms with Crippen LogP contribution in [0.25, 0.3) is 5.52 Å². The van der Waals surface area contributed by atoms with Crippen LogP contribution in [-0.4, -0.2) is 40.0 Å². The molecular formula is C17H23N3O2. The van der Waals surface area contributed by atoms with Crippen molar-refractivity contribution in [3.63, 3.8) is 0 Å². The van der Waals surface area contributed by atoms with E-state index in [4.69, 9.17) is 4.74 Å². The molecule has 5 nitrogen and oxygen atoms in total. The summed E-state index contributed by atoms with van der Waals surface area (Å²) in [6.45, 7) is 5.57. The lowest BCUT2D eigenvalue weighted by Crippen LogP contribution is -2.39. The number of nitrogens with zero attached hydrogens (tertiary/aromatic N) is 3. The molecule has 0 amide bonds. The lowest BCUT2D eigenvalue weighted by Gasteiger charge is -2.37. The molecule has 1 fully saturated rings. The molecule has 5 heteroatoms. The number of imidazole rings is 1. The zero-order chi connectivity index (χ0) is 15.7. The molecule has 0 saturated carbocycles. The number of fused-ring (bicyclic) bond motifs is 1. The Hall–Kier alpha value is -1.88. The number of rotatable bonds is 3. The molecule has 1 saturated heterocycles. The van der Waals surface area contributed by atoms with Crippen molar-refractivity contribution in [2.75, 3.05) is 13.7 Å². The lowest BCUT2D eigenvalue weighted by atomic mass is 9.99. The minimum absolute atomic E-state index is 0.309. The van der Waals surface area contributed by atoms with E-state index in [1.54, 1.807) is 12.3 Å². The fourth-order valence-corrected chi connectivity index (χ4v) is 3.42. The molecule has 22 heavy (non-hydrogen) atoms. The van der Waals surface area contributed by atoms with E-state index in [2.05, 4.69) is 23.7 Å². The SMILES string of the molecule is COC(=O)c1cccn2c(C3CCCCN3C(C)C)ncc12. The molecule has 1 aliphatic heterocycles. The van der Waals surface area contributed by atoms with Crippen LogP contribution in [0.15, 0.2) is 24.5 Å². The molecule has 0 radical (unpaired) electrons. The van der Waals surface area contributed by atoms with E-state index >= 15 is 0 Å². The van der Waals surface area contributed by atoms with Crippen molar-refractivity contribution in [1.29, 1.82) is 0 Å². The van der Waals surface area contributed by atoms with Gasteiger partial charge in [0.05, 0.1) is 30.4 Å². The molecule has 2 aromatic heterocycles. The van der Waals surface area contributed by atoms with Gasteiger partial charge < -0.3 is 9.14 Å². The van der Waals surface area contributed by atoms with Crippen molar-refractivity contribution in [2.24, 2.45) is 0 Å². The first-order valence-corrected chi connectivity index (χ1v) is 7.93. The third kappa shape index (κ3) is 2.50. The standard InChI is InChI=1S/C17H23N3O2/c1-12(2)19-9-5-4-8-14(19)16-18-11-15-13(17(21)22-3)7-6-10-20(15)16/h6-7,10-12,14H,4-5,8-9H2,1-3H3. The molecule has 3 heterocycles. The Morgan fingerprint density at radius 1 is 1.41 bits per heavy atom. The number of carbonyl (C=O) groups is 1. The Morgan fingerprint density at radius 3 is 2.95 bits per heavy atom. The fourth-order valence-electron chi connectivity index (χ4n) is 3.42. The summed E-state index contributed by atoms with van der Waals surface area (Å²) in [6, 6.07) is 4.46. The number of esters is 1. The average molecular weight is 301 g/mol. The topological polar surface area (TPSA) is 46.8 Å². The summed E-state index contributed by atoms with van der Waals surface area (Å²) >= 11 is 0. The number of hydrogen-bond donors (Lipinski definition) is 0. The summed E-state index contributed by atoms with van der Waals surface area (Å²) in [5.41, 5.74) is 1.38.